The van der Waals surface area contributed by atoms with Crippen LogP contribution in [0.4, 0.5) is 0 Å². The second-order valence-corrected chi connectivity index (χ2v) is 17.1. The van der Waals surface area contributed by atoms with E-state index in [2.05, 4.69) is 16.0 Å². The first kappa shape index (κ1) is 66.7. The molecule has 0 bridgehead atoms. The van der Waals surface area contributed by atoms with Gasteiger partial charge in [-0.15, -0.1) is 0 Å². The topological polar surface area (TPSA) is 279 Å². The highest BCUT2D eigenvalue weighted by molar-refractivity contribution is 5.84. The van der Waals surface area contributed by atoms with Gasteiger partial charge >= 0.3 is 11.9 Å². The molecule has 0 rings (SSSR count). The van der Waals surface area contributed by atoms with Crippen molar-refractivity contribution in [3.63, 3.8) is 0 Å². The molecule has 0 aromatic rings. The van der Waals surface area contributed by atoms with Crippen LogP contribution in [0, 0.1) is 0 Å². The summed E-state index contributed by atoms with van der Waals surface area (Å²) in [6, 6.07) is -1.52. The molecule has 1 unspecified atom stereocenters. The molecule has 3 amide bonds. The molecule has 0 aliphatic rings. The zero-order chi connectivity index (χ0) is 51.4. The van der Waals surface area contributed by atoms with Gasteiger partial charge < -0.3 is 69.8 Å². The number of Topliss-reactive ketones (excluding diaryl/α,β-unsaturated/α-hetero) is 1. The standard InChI is InChI=1S/C50H94N4O16/c1-2-45(55)43(51)19-17-18-25-52-47(57)24-27-63-29-31-65-33-35-67-37-39-69-41-42-70-40-38-68-36-34-66-32-30-64-28-26-53-46(56)23-22-44(50(61)62)54-48(58)20-15-13-11-9-7-5-3-4-6-8-10-12-14-16-21-49(59)60/h43-44H,2-42,51H2,1H3,(H,52,57)(H,53,56)(H,54,58)(H,59,60)(H,61,62)/t43-,44?/m0/s1. The molecule has 2 atom stereocenters. The van der Waals surface area contributed by atoms with Gasteiger partial charge in [0.05, 0.1) is 112 Å². The van der Waals surface area contributed by atoms with Crippen LogP contribution in [-0.2, 0) is 66.7 Å². The third kappa shape index (κ3) is 49.6. The maximum absolute atomic E-state index is 12.3. The zero-order valence-electron chi connectivity index (χ0n) is 42.8. The van der Waals surface area contributed by atoms with Crippen LogP contribution < -0.4 is 21.7 Å². The number of carboxylic acid groups (broad SMARTS) is 2. The Morgan fingerprint density at radius 2 is 0.771 bits per heavy atom. The zero-order valence-corrected chi connectivity index (χ0v) is 42.8. The van der Waals surface area contributed by atoms with Gasteiger partial charge in [-0.2, -0.15) is 0 Å². The molecule has 0 heterocycles. The van der Waals surface area contributed by atoms with Crippen molar-refractivity contribution >= 4 is 35.4 Å². The van der Waals surface area contributed by atoms with Crippen LogP contribution in [0.2, 0.25) is 0 Å². The lowest BCUT2D eigenvalue weighted by atomic mass is 10.0. The van der Waals surface area contributed by atoms with Gasteiger partial charge in [-0.05, 0) is 38.5 Å². The Balaban J connectivity index is 3.45. The quantitative estimate of drug-likeness (QED) is 0.0442. The number of carboxylic acids is 2. The number of ether oxygens (including phenoxy) is 8. The minimum atomic E-state index is -1.16. The third-order valence-electron chi connectivity index (χ3n) is 11.0. The number of carbonyl (C=O) groups is 6. The molecule has 20 nitrogen and oxygen atoms in total. The van der Waals surface area contributed by atoms with Gasteiger partial charge in [-0.3, -0.25) is 24.0 Å². The van der Waals surface area contributed by atoms with Crippen molar-refractivity contribution in [2.75, 3.05) is 119 Å². The lowest BCUT2D eigenvalue weighted by molar-refractivity contribution is -0.142. The monoisotopic (exact) mass is 1010 g/mol. The molecular weight excluding hydrogens is 913 g/mol. The molecule has 70 heavy (non-hydrogen) atoms. The highest BCUT2D eigenvalue weighted by Gasteiger charge is 2.21. The summed E-state index contributed by atoms with van der Waals surface area (Å²) in [6.45, 7) is 9.04. The van der Waals surface area contributed by atoms with Gasteiger partial charge in [0.15, 0.2) is 0 Å². The highest BCUT2D eigenvalue weighted by Crippen LogP contribution is 2.14. The Kier molecular flexibility index (Phi) is 49.5. The average molecular weight is 1010 g/mol. The molecule has 0 aliphatic heterocycles. The summed E-state index contributed by atoms with van der Waals surface area (Å²) in [5.41, 5.74) is 5.80. The van der Waals surface area contributed by atoms with Crippen LogP contribution in [0.5, 0.6) is 0 Å². The minimum absolute atomic E-state index is 0.00275. The molecule has 0 aliphatic carbocycles. The number of unbranched alkanes of at least 4 members (excludes halogenated alkanes) is 14. The van der Waals surface area contributed by atoms with Crippen molar-refractivity contribution in [3.05, 3.63) is 0 Å². The minimum Gasteiger partial charge on any atom is -0.481 e. The van der Waals surface area contributed by atoms with Crippen LogP contribution >= 0.6 is 0 Å². The average Bonchev–Trinajstić information content (AvgIpc) is 3.34. The van der Waals surface area contributed by atoms with E-state index in [9.17, 15) is 33.9 Å². The second-order valence-electron chi connectivity index (χ2n) is 17.1. The third-order valence-corrected chi connectivity index (χ3v) is 11.0. The Morgan fingerprint density at radius 1 is 0.400 bits per heavy atom. The number of ketones is 1. The summed E-state index contributed by atoms with van der Waals surface area (Å²) in [5.74, 6) is -2.50. The van der Waals surface area contributed by atoms with Crippen LogP contribution in [0.25, 0.3) is 0 Å². The van der Waals surface area contributed by atoms with Gasteiger partial charge in [0.25, 0.3) is 0 Å². The molecule has 0 aromatic carbocycles. The maximum Gasteiger partial charge on any atom is 0.326 e. The number of aliphatic carboxylic acids is 2. The lowest BCUT2D eigenvalue weighted by Crippen LogP contribution is -2.41. The maximum atomic E-state index is 12.3. The largest absolute Gasteiger partial charge is 0.481 e. The van der Waals surface area contributed by atoms with Gasteiger partial charge in [0.2, 0.25) is 17.7 Å². The summed E-state index contributed by atoms with van der Waals surface area (Å²) in [6.07, 6.45) is 18.6. The molecule has 0 fully saturated rings. The molecule has 0 saturated heterocycles. The predicted octanol–water partition coefficient (Wildman–Crippen LogP) is 4.89. The van der Waals surface area contributed by atoms with Crippen molar-refractivity contribution in [1.29, 1.82) is 0 Å². The number of carbonyl (C=O) groups excluding carboxylic acids is 4. The van der Waals surface area contributed by atoms with E-state index >= 15 is 0 Å². The smallest absolute Gasteiger partial charge is 0.326 e. The second kappa shape index (κ2) is 52.0. The fourth-order valence-corrected chi connectivity index (χ4v) is 6.87. The van der Waals surface area contributed by atoms with Gasteiger partial charge in [-0.25, -0.2) is 4.79 Å². The molecule has 0 spiro atoms. The normalized spacial score (nSPS) is 12.1. The molecule has 0 aromatic heterocycles. The molecule has 0 saturated carbocycles. The van der Waals surface area contributed by atoms with Crippen LogP contribution in [0.15, 0.2) is 0 Å². The van der Waals surface area contributed by atoms with Crippen LogP contribution in [-0.4, -0.2) is 177 Å². The number of amides is 3. The first-order valence-corrected chi connectivity index (χ1v) is 26.2. The Bertz CT molecular complexity index is 1280. The number of rotatable bonds is 56. The van der Waals surface area contributed by atoms with Gasteiger partial charge in [0.1, 0.15) is 11.8 Å². The molecule has 410 valence electrons. The summed E-state index contributed by atoms with van der Waals surface area (Å²) >= 11 is 0. The van der Waals surface area contributed by atoms with Gasteiger partial charge in [-0.1, -0.05) is 84.0 Å². The van der Waals surface area contributed by atoms with Crippen molar-refractivity contribution in [1.82, 2.24) is 16.0 Å². The fourth-order valence-electron chi connectivity index (χ4n) is 6.87. The van der Waals surface area contributed by atoms with E-state index in [1.165, 1.54) is 44.9 Å². The van der Waals surface area contributed by atoms with Crippen molar-refractivity contribution in [2.45, 2.75) is 167 Å². The van der Waals surface area contributed by atoms with Crippen LogP contribution in [0.3, 0.4) is 0 Å². The first-order chi connectivity index (χ1) is 34.1. The Hall–Kier alpha value is -3.34. The summed E-state index contributed by atoms with van der Waals surface area (Å²) in [4.78, 5) is 70.1. The SMILES string of the molecule is CCC(=O)[C@@H](N)CCCCNC(=O)CCOCCOCCOCCOCCOCCOCCOCCOCCNC(=O)CCC(NC(=O)CCCCCCCCCCCCCCCCC(=O)O)C(=O)O. The van der Waals surface area contributed by atoms with E-state index in [0.29, 0.717) is 125 Å². The van der Waals surface area contributed by atoms with E-state index in [-0.39, 0.29) is 68.8 Å². The van der Waals surface area contributed by atoms with E-state index in [1.807, 2.05) is 0 Å². The van der Waals surface area contributed by atoms with E-state index in [4.69, 9.17) is 48.7 Å². The van der Waals surface area contributed by atoms with E-state index < -0.39 is 24.0 Å². The predicted molar refractivity (Wildman–Crippen MR) is 265 cm³/mol. The Morgan fingerprint density at radius 3 is 1.19 bits per heavy atom. The van der Waals surface area contributed by atoms with E-state index in [1.54, 1.807) is 6.92 Å². The number of hydrogen-bond donors (Lipinski definition) is 6. The number of hydrogen-bond acceptors (Lipinski definition) is 15. The number of nitrogens with two attached hydrogens (primary N) is 1. The van der Waals surface area contributed by atoms with E-state index in [0.717, 1.165) is 51.4 Å². The lowest BCUT2D eigenvalue weighted by Gasteiger charge is -2.14. The summed E-state index contributed by atoms with van der Waals surface area (Å²) < 4.78 is 43.8. The highest BCUT2D eigenvalue weighted by atomic mass is 16.6. The van der Waals surface area contributed by atoms with Crippen molar-refractivity contribution in [3.8, 4) is 0 Å². The summed E-state index contributed by atoms with van der Waals surface area (Å²) in [5, 5.41) is 26.3. The first-order valence-electron chi connectivity index (χ1n) is 26.2. The fraction of sp³-hybridized carbons (Fsp3) is 0.880. The number of nitrogens with one attached hydrogen (secondary N) is 3. The van der Waals surface area contributed by atoms with Crippen molar-refractivity contribution < 1.29 is 76.9 Å². The molecule has 7 N–H and O–H groups in total. The summed E-state index contributed by atoms with van der Waals surface area (Å²) in [7, 11) is 0. The Labute approximate surface area is 418 Å². The van der Waals surface area contributed by atoms with Gasteiger partial charge in [0, 0.05) is 45.2 Å². The molecule has 0 radical (unpaired) electrons. The van der Waals surface area contributed by atoms with Crippen LogP contribution in [0.1, 0.15) is 155 Å². The molecule has 20 heteroatoms. The van der Waals surface area contributed by atoms with Crippen molar-refractivity contribution in [2.24, 2.45) is 5.73 Å². The molecular formula is C50H94N4O16.